The highest BCUT2D eigenvalue weighted by Crippen LogP contribution is 2.33. The molecule has 11 heteroatoms. The van der Waals surface area contributed by atoms with Crippen LogP contribution in [0, 0.1) is 0 Å². The SMILES string of the molecule is FC(F)(F)COc1cc2oc(Nc3nnco3)nc2cc1Cl. The molecule has 116 valence electrons. The molecule has 0 atom stereocenters. The molecule has 0 aliphatic rings. The van der Waals surface area contributed by atoms with E-state index in [9.17, 15) is 13.2 Å². The maximum Gasteiger partial charge on any atom is 0.422 e. The molecule has 0 radical (unpaired) electrons. The summed E-state index contributed by atoms with van der Waals surface area (Å²) in [4.78, 5) is 4.03. The number of alkyl halides is 3. The average molecular weight is 335 g/mol. The molecule has 3 aromatic rings. The molecular formula is C11H6ClF3N4O3. The Morgan fingerprint density at radius 1 is 1.27 bits per heavy atom. The van der Waals surface area contributed by atoms with Crippen molar-refractivity contribution in [3.63, 3.8) is 0 Å². The largest absolute Gasteiger partial charge is 0.482 e. The number of aromatic nitrogens is 3. The number of ether oxygens (including phenoxy) is 1. The van der Waals surface area contributed by atoms with E-state index in [0.29, 0.717) is 5.52 Å². The lowest BCUT2D eigenvalue weighted by Crippen LogP contribution is -2.19. The number of rotatable bonds is 4. The number of halogens is 4. The number of nitrogens with one attached hydrogen (secondary N) is 1. The monoisotopic (exact) mass is 334 g/mol. The Kier molecular flexibility index (Phi) is 3.53. The summed E-state index contributed by atoms with van der Waals surface area (Å²) in [5, 5.41) is 9.59. The zero-order valence-electron chi connectivity index (χ0n) is 10.5. The molecule has 3 rings (SSSR count). The van der Waals surface area contributed by atoms with Gasteiger partial charge in [0.25, 0.3) is 0 Å². The number of oxazole rings is 1. The van der Waals surface area contributed by atoms with Crippen molar-refractivity contribution < 1.29 is 26.7 Å². The molecule has 22 heavy (non-hydrogen) atoms. The third-order valence-corrected chi connectivity index (χ3v) is 2.70. The van der Waals surface area contributed by atoms with Crippen LogP contribution in [0.25, 0.3) is 11.1 Å². The molecule has 2 aromatic heterocycles. The molecule has 0 saturated carbocycles. The van der Waals surface area contributed by atoms with E-state index in [4.69, 9.17) is 20.4 Å². The van der Waals surface area contributed by atoms with Crippen LogP contribution in [0.1, 0.15) is 0 Å². The molecule has 1 aromatic carbocycles. The Labute approximate surface area is 125 Å². The van der Waals surface area contributed by atoms with E-state index in [1.54, 1.807) is 0 Å². The van der Waals surface area contributed by atoms with Crippen LogP contribution in [0.5, 0.6) is 5.75 Å². The number of anilines is 2. The summed E-state index contributed by atoms with van der Waals surface area (Å²) in [6.07, 6.45) is -3.37. The first-order valence-corrected chi connectivity index (χ1v) is 6.11. The Hall–Kier alpha value is -2.49. The number of fused-ring (bicyclic) bond motifs is 1. The molecule has 0 spiro atoms. The first-order valence-electron chi connectivity index (χ1n) is 5.73. The van der Waals surface area contributed by atoms with Crippen molar-refractivity contribution in [1.29, 1.82) is 0 Å². The van der Waals surface area contributed by atoms with Crippen LogP contribution >= 0.6 is 11.6 Å². The van der Waals surface area contributed by atoms with Crippen LogP contribution in [0.15, 0.2) is 27.4 Å². The first-order chi connectivity index (χ1) is 10.4. The molecule has 0 amide bonds. The Morgan fingerprint density at radius 2 is 2.09 bits per heavy atom. The van der Waals surface area contributed by atoms with E-state index in [2.05, 4.69) is 25.2 Å². The number of hydrogen-bond donors (Lipinski definition) is 1. The molecule has 0 aliphatic heterocycles. The van der Waals surface area contributed by atoms with E-state index in [0.717, 1.165) is 6.39 Å². The van der Waals surface area contributed by atoms with Crippen molar-refractivity contribution in [2.24, 2.45) is 0 Å². The molecule has 0 saturated heterocycles. The van der Waals surface area contributed by atoms with Gasteiger partial charge in [-0.15, -0.1) is 5.10 Å². The highest BCUT2D eigenvalue weighted by Gasteiger charge is 2.29. The molecule has 1 N–H and O–H groups in total. The van der Waals surface area contributed by atoms with Crippen molar-refractivity contribution in [1.82, 2.24) is 15.2 Å². The van der Waals surface area contributed by atoms with Crippen molar-refractivity contribution in [2.45, 2.75) is 6.18 Å². The summed E-state index contributed by atoms with van der Waals surface area (Å²) in [5.74, 6) is -0.160. The van der Waals surface area contributed by atoms with Crippen LogP contribution in [0.3, 0.4) is 0 Å². The predicted octanol–water partition coefficient (Wildman–Crippen LogP) is 3.55. The lowest BCUT2D eigenvalue weighted by Gasteiger charge is -2.09. The summed E-state index contributed by atoms with van der Waals surface area (Å²) in [5.41, 5.74) is 0.509. The lowest BCUT2D eigenvalue weighted by molar-refractivity contribution is -0.153. The van der Waals surface area contributed by atoms with Gasteiger partial charge in [0.2, 0.25) is 6.39 Å². The zero-order chi connectivity index (χ0) is 15.7. The molecule has 0 fully saturated rings. The minimum atomic E-state index is -4.47. The summed E-state index contributed by atoms with van der Waals surface area (Å²) < 4.78 is 51.3. The number of benzene rings is 1. The number of hydrogen-bond acceptors (Lipinski definition) is 7. The van der Waals surface area contributed by atoms with Crippen molar-refractivity contribution in [2.75, 3.05) is 11.9 Å². The maximum absolute atomic E-state index is 12.2. The van der Waals surface area contributed by atoms with Crippen molar-refractivity contribution >= 4 is 34.7 Å². The molecule has 0 unspecified atom stereocenters. The summed E-state index contributed by atoms with van der Waals surface area (Å²) in [6.45, 7) is -1.46. The van der Waals surface area contributed by atoms with Gasteiger partial charge >= 0.3 is 18.2 Å². The minimum absolute atomic E-state index is 0.0169. The first kappa shape index (κ1) is 14.4. The lowest BCUT2D eigenvalue weighted by atomic mass is 10.3. The second-order valence-corrected chi connectivity index (χ2v) is 4.45. The fourth-order valence-corrected chi connectivity index (χ4v) is 1.78. The Balaban J connectivity index is 1.85. The van der Waals surface area contributed by atoms with Crippen LogP contribution in [0.4, 0.5) is 25.2 Å². The van der Waals surface area contributed by atoms with Gasteiger partial charge in [-0.3, -0.25) is 5.32 Å². The van der Waals surface area contributed by atoms with E-state index < -0.39 is 12.8 Å². The summed E-state index contributed by atoms with van der Waals surface area (Å²) in [6, 6.07) is 2.61. The van der Waals surface area contributed by atoms with Crippen LogP contribution < -0.4 is 10.1 Å². The van der Waals surface area contributed by atoms with Crippen LogP contribution in [-0.4, -0.2) is 28.0 Å². The van der Waals surface area contributed by atoms with E-state index >= 15 is 0 Å². The van der Waals surface area contributed by atoms with E-state index in [1.807, 2.05) is 0 Å². The third kappa shape index (κ3) is 3.22. The zero-order valence-corrected chi connectivity index (χ0v) is 11.3. The van der Waals surface area contributed by atoms with Crippen molar-refractivity contribution in [3.8, 4) is 5.75 Å². The van der Waals surface area contributed by atoms with E-state index in [1.165, 1.54) is 12.1 Å². The highest BCUT2D eigenvalue weighted by atomic mass is 35.5. The predicted molar refractivity (Wildman–Crippen MR) is 68.1 cm³/mol. The van der Waals surface area contributed by atoms with Gasteiger partial charge in [0.05, 0.1) is 5.02 Å². The van der Waals surface area contributed by atoms with Crippen LogP contribution in [0.2, 0.25) is 5.02 Å². The second-order valence-electron chi connectivity index (χ2n) is 4.04. The van der Waals surface area contributed by atoms with Gasteiger partial charge in [0.1, 0.15) is 11.3 Å². The van der Waals surface area contributed by atoms with E-state index in [-0.39, 0.29) is 28.4 Å². The smallest absolute Gasteiger partial charge is 0.422 e. The molecule has 7 nitrogen and oxygen atoms in total. The molecule has 0 bridgehead atoms. The van der Waals surface area contributed by atoms with Gasteiger partial charge in [-0.05, 0) is 6.07 Å². The normalized spacial score (nSPS) is 11.8. The van der Waals surface area contributed by atoms with Gasteiger partial charge in [-0.2, -0.15) is 18.2 Å². The number of nitrogens with zero attached hydrogens (tertiary/aromatic N) is 3. The Bertz CT molecular complexity index is 788. The maximum atomic E-state index is 12.2. The quantitative estimate of drug-likeness (QED) is 0.780. The summed E-state index contributed by atoms with van der Waals surface area (Å²) >= 11 is 5.85. The topological polar surface area (TPSA) is 86.2 Å². The van der Waals surface area contributed by atoms with Crippen molar-refractivity contribution in [3.05, 3.63) is 23.5 Å². The Morgan fingerprint density at radius 3 is 2.77 bits per heavy atom. The minimum Gasteiger partial charge on any atom is -0.482 e. The average Bonchev–Trinajstić information content (AvgIpc) is 3.04. The standard InChI is InChI=1S/C11H6ClF3N4O3/c12-5-1-6-8(2-7(5)20-3-11(13,14)15)22-9(17-6)18-10-19-16-4-21-10/h1-2,4H,3H2,(H,17,18,19). The molecule has 2 heterocycles. The van der Waals surface area contributed by atoms with Crippen LogP contribution in [-0.2, 0) is 0 Å². The van der Waals surface area contributed by atoms with Gasteiger partial charge in [-0.1, -0.05) is 16.7 Å². The van der Waals surface area contributed by atoms with Gasteiger partial charge in [-0.25, -0.2) is 0 Å². The van der Waals surface area contributed by atoms with Gasteiger partial charge < -0.3 is 13.6 Å². The van der Waals surface area contributed by atoms with Gasteiger partial charge in [0.15, 0.2) is 12.2 Å². The summed E-state index contributed by atoms with van der Waals surface area (Å²) in [7, 11) is 0. The fraction of sp³-hybridized carbons (Fsp3) is 0.182. The second kappa shape index (κ2) is 5.37. The third-order valence-electron chi connectivity index (χ3n) is 2.41. The molecule has 0 aliphatic carbocycles. The molecular weight excluding hydrogens is 329 g/mol. The highest BCUT2D eigenvalue weighted by molar-refractivity contribution is 6.32. The van der Waals surface area contributed by atoms with Gasteiger partial charge in [0, 0.05) is 6.07 Å². The fourth-order valence-electron chi connectivity index (χ4n) is 1.57.